The van der Waals surface area contributed by atoms with Crippen LogP contribution in [0.25, 0.3) is 10.8 Å². The van der Waals surface area contributed by atoms with Crippen LogP contribution in [0.3, 0.4) is 0 Å². The van der Waals surface area contributed by atoms with E-state index < -0.39 is 15.9 Å². The molecule has 1 atom stereocenters. The Labute approximate surface area is 152 Å². The van der Waals surface area contributed by atoms with Crippen molar-refractivity contribution in [3.8, 4) is 0 Å². The van der Waals surface area contributed by atoms with Crippen LogP contribution in [0.5, 0.6) is 0 Å². The van der Waals surface area contributed by atoms with Gasteiger partial charge in [0.2, 0.25) is 0 Å². The maximum absolute atomic E-state index is 11.5. The van der Waals surface area contributed by atoms with Gasteiger partial charge in [0.15, 0.2) is 9.84 Å². The highest BCUT2D eigenvalue weighted by Crippen LogP contribution is 2.26. The number of aliphatic hydroxyl groups is 1. The topological polar surface area (TPSA) is 54.4 Å². The lowest BCUT2D eigenvalue weighted by Gasteiger charge is -2.12. The molecule has 0 aliphatic heterocycles. The molecule has 0 aliphatic rings. The third kappa shape index (κ3) is 4.42. The van der Waals surface area contributed by atoms with Crippen LogP contribution in [-0.2, 0) is 15.6 Å². The zero-order chi connectivity index (χ0) is 17.9. The fourth-order valence-corrected chi connectivity index (χ4v) is 4.37. The van der Waals surface area contributed by atoms with E-state index in [2.05, 4.69) is 30.3 Å². The first-order valence-corrected chi connectivity index (χ1v) is 11.0. The minimum atomic E-state index is -3.21. The predicted octanol–water partition coefficient (Wildman–Crippen LogP) is 4.21. The van der Waals surface area contributed by atoms with E-state index in [1.807, 2.05) is 12.1 Å². The second-order valence-electron chi connectivity index (χ2n) is 6.01. The summed E-state index contributed by atoms with van der Waals surface area (Å²) in [6.45, 7) is 0. The Morgan fingerprint density at radius 1 is 0.960 bits per heavy atom. The molecule has 25 heavy (non-hydrogen) atoms. The van der Waals surface area contributed by atoms with Gasteiger partial charge in [0.05, 0.1) is 11.0 Å². The van der Waals surface area contributed by atoms with Gasteiger partial charge in [-0.25, -0.2) is 8.42 Å². The van der Waals surface area contributed by atoms with E-state index >= 15 is 0 Å². The van der Waals surface area contributed by atoms with E-state index in [-0.39, 0.29) is 4.90 Å². The van der Waals surface area contributed by atoms with Gasteiger partial charge in [0.1, 0.15) is 0 Å². The van der Waals surface area contributed by atoms with Gasteiger partial charge < -0.3 is 5.11 Å². The molecule has 0 saturated heterocycles. The molecule has 1 N–H and O–H groups in total. The van der Waals surface area contributed by atoms with Crippen LogP contribution in [0.4, 0.5) is 0 Å². The minimum absolute atomic E-state index is 0.270. The van der Waals surface area contributed by atoms with E-state index in [1.54, 1.807) is 36.0 Å². The SMILES string of the molecule is CS(=O)(=O)c1ccc([C@@H](O)CSCc2cccc3ccccc23)cc1. The van der Waals surface area contributed by atoms with E-state index in [9.17, 15) is 13.5 Å². The number of hydrogen-bond acceptors (Lipinski definition) is 4. The molecule has 0 heterocycles. The number of sulfone groups is 1. The normalized spacial score (nSPS) is 13.0. The third-order valence-corrected chi connectivity index (χ3v) is 6.30. The molecule has 0 aliphatic carbocycles. The summed E-state index contributed by atoms with van der Waals surface area (Å²) in [7, 11) is -3.21. The van der Waals surface area contributed by atoms with Crippen LogP contribution in [0, 0.1) is 0 Å². The molecule has 3 aromatic carbocycles. The summed E-state index contributed by atoms with van der Waals surface area (Å²) in [6, 6.07) is 21.0. The van der Waals surface area contributed by atoms with Crippen molar-refractivity contribution in [3.05, 3.63) is 77.9 Å². The van der Waals surface area contributed by atoms with Crippen molar-refractivity contribution in [3.63, 3.8) is 0 Å². The van der Waals surface area contributed by atoms with Crippen LogP contribution in [0.2, 0.25) is 0 Å². The molecule has 0 amide bonds. The first-order chi connectivity index (χ1) is 11.9. The average molecular weight is 373 g/mol. The standard InChI is InChI=1S/C20H20O3S2/c1-25(22,23)18-11-9-16(10-12-18)20(21)14-24-13-17-7-4-6-15-5-2-3-8-19(15)17/h2-12,20-21H,13-14H2,1H3/t20-/m0/s1. The van der Waals surface area contributed by atoms with E-state index in [4.69, 9.17) is 0 Å². The minimum Gasteiger partial charge on any atom is -0.388 e. The van der Waals surface area contributed by atoms with Crippen LogP contribution >= 0.6 is 11.8 Å². The van der Waals surface area contributed by atoms with Gasteiger partial charge in [0, 0.05) is 17.8 Å². The molecule has 0 fully saturated rings. The van der Waals surface area contributed by atoms with Crippen LogP contribution in [0.1, 0.15) is 17.2 Å². The van der Waals surface area contributed by atoms with Crippen molar-refractivity contribution in [1.29, 1.82) is 0 Å². The van der Waals surface area contributed by atoms with E-state index in [1.165, 1.54) is 22.6 Å². The van der Waals surface area contributed by atoms with Gasteiger partial charge >= 0.3 is 0 Å². The Morgan fingerprint density at radius 2 is 1.64 bits per heavy atom. The second-order valence-corrected chi connectivity index (χ2v) is 9.06. The van der Waals surface area contributed by atoms with Crippen LogP contribution in [-0.4, -0.2) is 25.5 Å². The molecular formula is C20H20O3S2. The number of fused-ring (bicyclic) bond motifs is 1. The maximum atomic E-state index is 11.5. The molecule has 0 spiro atoms. The van der Waals surface area contributed by atoms with Crippen molar-refractivity contribution in [1.82, 2.24) is 0 Å². The fourth-order valence-electron chi connectivity index (χ4n) is 2.73. The Bertz CT molecular complexity index is 958. The summed E-state index contributed by atoms with van der Waals surface area (Å²) in [6.07, 6.45) is 0.562. The van der Waals surface area contributed by atoms with Gasteiger partial charge in [-0.1, -0.05) is 54.6 Å². The Kier molecular flexibility index (Phi) is 5.47. The lowest BCUT2D eigenvalue weighted by atomic mass is 10.1. The lowest BCUT2D eigenvalue weighted by Crippen LogP contribution is -2.03. The van der Waals surface area contributed by atoms with E-state index in [0.29, 0.717) is 5.75 Å². The summed E-state index contributed by atoms with van der Waals surface area (Å²) in [5.41, 5.74) is 1.99. The maximum Gasteiger partial charge on any atom is 0.175 e. The number of benzene rings is 3. The molecular weight excluding hydrogens is 352 g/mol. The van der Waals surface area contributed by atoms with Crippen molar-refractivity contribution < 1.29 is 13.5 Å². The lowest BCUT2D eigenvalue weighted by molar-refractivity contribution is 0.204. The van der Waals surface area contributed by atoms with Crippen molar-refractivity contribution in [2.45, 2.75) is 16.8 Å². The smallest absolute Gasteiger partial charge is 0.175 e. The Hall–Kier alpha value is -1.82. The largest absolute Gasteiger partial charge is 0.388 e. The highest BCUT2D eigenvalue weighted by atomic mass is 32.2. The first-order valence-electron chi connectivity index (χ1n) is 7.97. The van der Waals surface area contributed by atoms with Crippen LogP contribution in [0.15, 0.2) is 71.6 Å². The summed E-state index contributed by atoms with van der Waals surface area (Å²) in [5.74, 6) is 1.38. The summed E-state index contributed by atoms with van der Waals surface area (Å²) >= 11 is 1.67. The van der Waals surface area contributed by atoms with Gasteiger partial charge in [-0.2, -0.15) is 11.8 Å². The van der Waals surface area contributed by atoms with Gasteiger partial charge in [-0.3, -0.25) is 0 Å². The second kappa shape index (κ2) is 7.60. The van der Waals surface area contributed by atoms with E-state index in [0.717, 1.165) is 11.3 Å². The zero-order valence-electron chi connectivity index (χ0n) is 13.9. The number of rotatable bonds is 6. The monoisotopic (exact) mass is 372 g/mol. The summed E-state index contributed by atoms with van der Waals surface area (Å²) < 4.78 is 23.0. The molecule has 0 bridgehead atoms. The molecule has 3 aromatic rings. The molecule has 0 saturated carbocycles. The quantitative estimate of drug-likeness (QED) is 0.704. The van der Waals surface area contributed by atoms with Gasteiger partial charge in [-0.05, 0) is 34.0 Å². The third-order valence-electron chi connectivity index (χ3n) is 4.11. The number of thioether (sulfide) groups is 1. The van der Waals surface area contributed by atoms with Crippen molar-refractivity contribution in [2.24, 2.45) is 0 Å². The summed E-state index contributed by atoms with van der Waals surface area (Å²) in [4.78, 5) is 0.270. The van der Waals surface area contributed by atoms with Crippen molar-refractivity contribution in [2.75, 3.05) is 12.0 Å². The Morgan fingerprint density at radius 3 is 2.36 bits per heavy atom. The van der Waals surface area contributed by atoms with Crippen LogP contribution < -0.4 is 0 Å². The van der Waals surface area contributed by atoms with Gasteiger partial charge in [0.25, 0.3) is 0 Å². The number of aliphatic hydroxyl groups excluding tert-OH is 1. The molecule has 0 radical (unpaired) electrons. The predicted molar refractivity (Wildman–Crippen MR) is 105 cm³/mol. The zero-order valence-corrected chi connectivity index (χ0v) is 15.6. The molecule has 3 rings (SSSR count). The fraction of sp³-hybridized carbons (Fsp3) is 0.200. The molecule has 0 unspecified atom stereocenters. The van der Waals surface area contributed by atoms with Crippen molar-refractivity contribution >= 4 is 32.4 Å². The molecule has 3 nitrogen and oxygen atoms in total. The Balaban J connectivity index is 1.63. The molecule has 130 valence electrons. The molecule has 0 aromatic heterocycles. The highest BCUT2D eigenvalue weighted by Gasteiger charge is 2.11. The molecule has 5 heteroatoms. The average Bonchev–Trinajstić information content (AvgIpc) is 2.61. The highest BCUT2D eigenvalue weighted by molar-refractivity contribution is 7.98. The first kappa shape index (κ1) is 18.0. The number of hydrogen-bond donors (Lipinski definition) is 1. The van der Waals surface area contributed by atoms with Gasteiger partial charge in [-0.15, -0.1) is 0 Å². The summed E-state index contributed by atoms with van der Waals surface area (Å²) in [5, 5.41) is 12.8.